The van der Waals surface area contributed by atoms with Crippen molar-refractivity contribution in [2.45, 2.75) is 25.7 Å². The first-order chi connectivity index (χ1) is 11.9. The van der Waals surface area contributed by atoms with Gasteiger partial charge >= 0.3 is 0 Å². The van der Waals surface area contributed by atoms with Crippen LogP contribution in [0, 0.1) is 23.5 Å². The van der Waals surface area contributed by atoms with E-state index in [1.54, 1.807) is 19.0 Å². The molecular formula is C18H23F2N3O2. The number of anilines is 2. The van der Waals surface area contributed by atoms with Gasteiger partial charge in [0.25, 0.3) is 0 Å². The number of piperidine rings is 1. The molecule has 2 fully saturated rings. The lowest BCUT2D eigenvalue weighted by Crippen LogP contribution is -2.44. The molecule has 7 heteroatoms. The van der Waals surface area contributed by atoms with Crippen LogP contribution in [0.1, 0.15) is 25.7 Å². The van der Waals surface area contributed by atoms with Crippen molar-refractivity contribution < 1.29 is 18.4 Å². The van der Waals surface area contributed by atoms with Crippen LogP contribution in [0.4, 0.5) is 20.2 Å². The summed E-state index contributed by atoms with van der Waals surface area (Å²) in [7, 11) is 3.10. The fraction of sp³-hybridized carbons (Fsp3) is 0.556. The number of benzene rings is 1. The van der Waals surface area contributed by atoms with Crippen molar-refractivity contribution in [3.05, 3.63) is 23.8 Å². The zero-order chi connectivity index (χ0) is 18.1. The van der Waals surface area contributed by atoms with Gasteiger partial charge < -0.3 is 15.1 Å². The largest absolute Gasteiger partial charge is 0.373 e. The molecule has 5 nitrogen and oxygen atoms in total. The molecule has 136 valence electrons. The Morgan fingerprint density at radius 1 is 1.12 bits per heavy atom. The van der Waals surface area contributed by atoms with Crippen LogP contribution in [0.5, 0.6) is 0 Å². The average molecular weight is 351 g/mol. The van der Waals surface area contributed by atoms with E-state index in [0.29, 0.717) is 19.5 Å². The molecule has 0 radical (unpaired) electrons. The van der Waals surface area contributed by atoms with E-state index in [1.165, 1.54) is 4.90 Å². The van der Waals surface area contributed by atoms with E-state index < -0.39 is 11.6 Å². The van der Waals surface area contributed by atoms with E-state index in [9.17, 15) is 18.4 Å². The Morgan fingerprint density at radius 2 is 1.76 bits per heavy atom. The second-order valence-corrected chi connectivity index (χ2v) is 7.07. The van der Waals surface area contributed by atoms with Crippen molar-refractivity contribution in [1.29, 1.82) is 0 Å². The second kappa shape index (κ2) is 6.98. The number of nitrogens with one attached hydrogen (secondary N) is 1. The lowest BCUT2D eigenvalue weighted by atomic mass is 9.96. The highest BCUT2D eigenvalue weighted by Crippen LogP contribution is 2.33. The third-order valence-corrected chi connectivity index (χ3v) is 4.76. The quantitative estimate of drug-likeness (QED) is 0.907. The Kier molecular flexibility index (Phi) is 4.92. The summed E-state index contributed by atoms with van der Waals surface area (Å²) in [6.07, 6.45) is 3.30. The van der Waals surface area contributed by atoms with E-state index in [2.05, 4.69) is 5.32 Å². The van der Waals surface area contributed by atoms with Crippen LogP contribution < -0.4 is 10.2 Å². The van der Waals surface area contributed by atoms with Gasteiger partial charge in [-0.05, 0) is 37.8 Å². The maximum Gasteiger partial charge on any atom is 0.229 e. The van der Waals surface area contributed by atoms with Gasteiger partial charge in [-0.25, -0.2) is 8.78 Å². The third kappa shape index (κ3) is 3.91. The molecule has 1 atom stereocenters. The maximum atomic E-state index is 14.0. The third-order valence-electron chi connectivity index (χ3n) is 4.76. The standard InChI is InChI=1S/C18H23F2N3O2/c1-22(2)16-14(19)8-13(9-15(16)20)21-17(24)12-4-3-7-23(10-12)18(25)11-5-6-11/h8-9,11-12H,3-7,10H2,1-2H3,(H,21,24). The van der Waals surface area contributed by atoms with Gasteiger partial charge in [0, 0.05) is 38.8 Å². The molecule has 0 aromatic heterocycles. The van der Waals surface area contributed by atoms with Crippen molar-refractivity contribution in [2.75, 3.05) is 37.4 Å². The smallest absolute Gasteiger partial charge is 0.229 e. The minimum absolute atomic E-state index is 0.0937. The highest BCUT2D eigenvalue weighted by molar-refractivity contribution is 5.93. The minimum Gasteiger partial charge on any atom is -0.373 e. The summed E-state index contributed by atoms with van der Waals surface area (Å²) >= 11 is 0. The SMILES string of the molecule is CN(C)c1c(F)cc(NC(=O)C2CCCN(C(=O)C3CC3)C2)cc1F. The monoisotopic (exact) mass is 351 g/mol. The van der Waals surface area contributed by atoms with Crippen LogP contribution in [0.3, 0.4) is 0 Å². The van der Waals surface area contributed by atoms with Crippen molar-refractivity contribution in [3.63, 3.8) is 0 Å². The molecule has 2 amide bonds. The van der Waals surface area contributed by atoms with Gasteiger partial charge in [-0.3, -0.25) is 9.59 Å². The van der Waals surface area contributed by atoms with Gasteiger partial charge in [0.1, 0.15) is 5.69 Å². The van der Waals surface area contributed by atoms with Crippen LogP contribution in [-0.2, 0) is 9.59 Å². The molecule has 3 rings (SSSR count). The number of carbonyl (C=O) groups excluding carboxylic acids is 2. The first-order valence-corrected chi connectivity index (χ1v) is 8.63. The van der Waals surface area contributed by atoms with Crippen LogP contribution in [0.2, 0.25) is 0 Å². The highest BCUT2D eigenvalue weighted by Gasteiger charge is 2.36. The molecular weight excluding hydrogens is 328 g/mol. The Labute approximate surface area is 146 Å². The van der Waals surface area contributed by atoms with Gasteiger partial charge in [0.2, 0.25) is 11.8 Å². The van der Waals surface area contributed by atoms with Crippen molar-refractivity contribution >= 4 is 23.2 Å². The summed E-state index contributed by atoms with van der Waals surface area (Å²) in [5.74, 6) is -1.85. The molecule has 0 bridgehead atoms. The molecule has 1 aliphatic carbocycles. The molecule has 1 aromatic carbocycles. The molecule has 1 N–H and O–H groups in total. The van der Waals surface area contributed by atoms with Crippen LogP contribution in [-0.4, -0.2) is 43.9 Å². The predicted octanol–water partition coefficient (Wildman–Crippen LogP) is 2.62. The molecule has 1 saturated carbocycles. The summed E-state index contributed by atoms with van der Waals surface area (Å²) in [6.45, 7) is 1.06. The summed E-state index contributed by atoms with van der Waals surface area (Å²) in [6, 6.07) is 2.23. The van der Waals surface area contributed by atoms with Crippen LogP contribution in [0.25, 0.3) is 0 Å². The van der Waals surface area contributed by atoms with Crippen LogP contribution in [0.15, 0.2) is 12.1 Å². The average Bonchev–Trinajstić information content (AvgIpc) is 3.38. The number of hydrogen-bond acceptors (Lipinski definition) is 3. The number of rotatable bonds is 4. The molecule has 1 heterocycles. The number of hydrogen-bond donors (Lipinski definition) is 1. The van der Waals surface area contributed by atoms with Gasteiger partial charge in [-0.1, -0.05) is 0 Å². The first kappa shape index (κ1) is 17.6. The lowest BCUT2D eigenvalue weighted by Gasteiger charge is -2.32. The van der Waals surface area contributed by atoms with Gasteiger partial charge in [0.15, 0.2) is 11.6 Å². The number of carbonyl (C=O) groups is 2. The van der Waals surface area contributed by atoms with Gasteiger partial charge in [-0.2, -0.15) is 0 Å². The summed E-state index contributed by atoms with van der Waals surface area (Å²) in [4.78, 5) is 27.7. The Bertz CT molecular complexity index is 666. The van der Waals surface area contributed by atoms with E-state index in [-0.39, 0.29) is 35.0 Å². The van der Waals surface area contributed by atoms with Crippen molar-refractivity contribution in [2.24, 2.45) is 11.8 Å². The summed E-state index contributed by atoms with van der Waals surface area (Å²) < 4.78 is 28.1. The molecule has 1 aromatic rings. The molecule has 25 heavy (non-hydrogen) atoms. The van der Waals surface area contributed by atoms with Crippen molar-refractivity contribution in [1.82, 2.24) is 4.90 Å². The lowest BCUT2D eigenvalue weighted by molar-refractivity contribution is -0.135. The van der Waals surface area contributed by atoms with E-state index in [0.717, 1.165) is 31.4 Å². The fourth-order valence-electron chi connectivity index (χ4n) is 3.29. The minimum atomic E-state index is -0.727. The zero-order valence-corrected chi connectivity index (χ0v) is 14.5. The maximum absolute atomic E-state index is 14.0. The van der Waals surface area contributed by atoms with Gasteiger partial charge in [0.05, 0.1) is 5.92 Å². The van der Waals surface area contributed by atoms with Crippen molar-refractivity contribution in [3.8, 4) is 0 Å². The number of amides is 2. The number of halogens is 2. The normalized spacial score (nSPS) is 20.3. The van der Waals surface area contributed by atoms with E-state index in [1.807, 2.05) is 0 Å². The molecule has 1 aliphatic heterocycles. The molecule has 2 aliphatic rings. The van der Waals surface area contributed by atoms with Gasteiger partial charge in [-0.15, -0.1) is 0 Å². The Hall–Kier alpha value is -2.18. The fourth-order valence-corrected chi connectivity index (χ4v) is 3.29. The Balaban J connectivity index is 1.66. The first-order valence-electron chi connectivity index (χ1n) is 8.63. The molecule has 1 saturated heterocycles. The van der Waals surface area contributed by atoms with E-state index >= 15 is 0 Å². The highest BCUT2D eigenvalue weighted by atomic mass is 19.1. The topological polar surface area (TPSA) is 52.7 Å². The molecule has 0 spiro atoms. The predicted molar refractivity (Wildman–Crippen MR) is 91.3 cm³/mol. The summed E-state index contributed by atoms with van der Waals surface area (Å²) in [5.41, 5.74) is -0.0480. The van der Waals surface area contributed by atoms with E-state index in [4.69, 9.17) is 0 Å². The van der Waals surface area contributed by atoms with Crippen LogP contribution >= 0.6 is 0 Å². The molecule has 1 unspecified atom stereocenters. The zero-order valence-electron chi connectivity index (χ0n) is 14.5. The summed E-state index contributed by atoms with van der Waals surface area (Å²) in [5, 5.41) is 2.59. The number of likely N-dealkylation sites (tertiary alicyclic amines) is 1. The number of nitrogens with zero attached hydrogens (tertiary/aromatic N) is 2. The Morgan fingerprint density at radius 3 is 2.32 bits per heavy atom. The second-order valence-electron chi connectivity index (χ2n) is 7.07.